The lowest BCUT2D eigenvalue weighted by Crippen LogP contribution is -2.55. The summed E-state index contributed by atoms with van der Waals surface area (Å²) in [6.07, 6.45) is 3.94. The first-order valence-electron chi connectivity index (χ1n) is 8.73. The van der Waals surface area contributed by atoms with Crippen LogP contribution in [0.2, 0.25) is 0 Å². The van der Waals surface area contributed by atoms with E-state index in [2.05, 4.69) is 21.6 Å². The van der Waals surface area contributed by atoms with E-state index in [0.717, 1.165) is 37.9 Å². The predicted molar refractivity (Wildman–Crippen MR) is 89.9 cm³/mol. The molecule has 122 valence electrons. The maximum atomic E-state index is 13.0. The van der Waals surface area contributed by atoms with Crippen LogP contribution in [0.1, 0.15) is 26.2 Å². The van der Waals surface area contributed by atoms with Crippen LogP contribution in [0.3, 0.4) is 0 Å². The van der Waals surface area contributed by atoms with Crippen molar-refractivity contribution in [1.29, 1.82) is 0 Å². The van der Waals surface area contributed by atoms with Crippen molar-refractivity contribution in [2.45, 2.75) is 32.2 Å². The first-order valence-corrected chi connectivity index (χ1v) is 8.73. The van der Waals surface area contributed by atoms with Crippen LogP contribution in [0.15, 0.2) is 24.3 Å². The van der Waals surface area contributed by atoms with Gasteiger partial charge in [0.2, 0.25) is 0 Å². The van der Waals surface area contributed by atoms with E-state index in [9.17, 15) is 4.39 Å². The van der Waals surface area contributed by atoms with Gasteiger partial charge in [-0.1, -0.05) is 6.92 Å². The molecule has 0 aliphatic carbocycles. The minimum Gasteiger partial charge on any atom is -0.369 e. The van der Waals surface area contributed by atoms with E-state index >= 15 is 0 Å². The van der Waals surface area contributed by atoms with Gasteiger partial charge in [-0.3, -0.25) is 4.90 Å². The number of hydrogen-bond acceptors (Lipinski definition) is 3. The zero-order valence-corrected chi connectivity index (χ0v) is 13.7. The summed E-state index contributed by atoms with van der Waals surface area (Å²) in [6, 6.07) is 7.65. The van der Waals surface area contributed by atoms with Gasteiger partial charge >= 0.3 is 0 Å². The number of piperidine rings is 1. The lowest BCUT2D eigenvalue weighted by molar-refractivity contribution is 0.0927. The molecule has 2 fully saturated rings. The molecule has 1 aromatic rings. The van der Waals surface area contributed by atoms with Crippen LogP contribution < -0.4 is 4.90 Å². The maximum absolute atomic E-state index is 13.0. The molecule has 3 rings (SSSR count). The molecule has 2 saturated heterocycles. The molecule has 3 nitrogen and oxygen atoms in total. The Morgan fingerprint density at radius 1 is 1.05 bits per heavy atom. The molecule has 22 heavy (non-hydrogen) atoms. The topological polar surface area (TPSA) is 9.72 Å². The van der Waals surface area contributed by atoms with Crippen molar-refractivity contribution >= 4 is 5.69 Å². The van der Waals surface area contributed by atoms with Gasteiger partial charge in [-0.15, -0.1) is 0 Å². The van der Waals surface area contributed by atoms with E-state index < -0.39 is 0 Å². The summed E-state index contributed by atoms with van der Waals surface area (Å²) >= 11 is 0. The highest BCUT2D eigenvalue weighted by Gasteiger charge is 2.27. The van der Waals surface area contributed by atoms with Crippen LogP contribution in [-0.4, -0.2) is 61.7 Å². The van der Waals surface area contributed by atoms with Gasteiger partial charge in [0.05, 0.1) is 0 Å². The summed E-state index contributed by atoms with van der Waals surface area (Å²) < 4.78 is 13.0. The summed E-state index contributed by atoms with van der Waals surface area (Å²) in [5.74, 6) is -0.152. The summed E-state index contributed by atoms with van der Waals surface area (Å²) in [6.45, 7) is 10.4. The van der Waals surface area contributed by atoms with Crippen molar-refractivity contribution in [2.75, 3.05) is 50.7 Å². The van der Waals surface area contributed by atoms with Crippen molar-refractivity contribution < 1.29 is 4.39 Å². The monoisotopic (exact) mass is 305 g/mol. The Labute approximate surface area is 133 Å². The van der Waals surface area contributed by atoms with Gasteiger partial charge in [0.15, 0.2) is 0 Å². The predicted octanol–water partition coefficient (Wildman–Crippen LogP) is 2.82. The molecule has 0 bridgehead atoms. The number of piperazine rings is 1. The quantitative estimate of drug-likeness (QED) is 0.847. The number of nitrogens with zero attached hydrogens (tertiary/aromatic N) is 3. The van der Waals surface area contributed by atoms with E-state index in [1.807, 2.05) is 12.1 Å². The first kappa shape index (κ1) is 15.8. The van der Waals surface area contributed by atoms with E-state index in [4.69, 9.17) is 0 Å². The second kappa shape index (κ2) is 7.42. The molecule has 1 unspecified atom stereocenters. The smallest absolute Gasteiger partial charge is 0.123 e. The molecular formula is C18H28FN3. The number of rotatable bonds is 4. The Hall–Kier alpha value is -1.13. The SMILES string of the molecule is CCCN1CCCC(N2CCN(c3ccc(F)cc3)CC2)C1. The summed E-state index contributed by atoms with van der Waals surface area (Å²) in [7, 11) is 0. The standard InChI is InChI=1S/C18H28FN3/c1-2-9-20-10-3-4-18(15-20)22-13-11-21(12-14-22)17-7-5-16(19)6-8-17/h5-8,18H,2-4,9-15H2,1H3. The molecule has 0 N–H and O–H groups in total. The van der Waals surface area contributed by atoms with E-state index in [1.54, 1.807) is 12.1 Å². The Balaban J connectivity index is 1.52. The summed E-state index contributed by atoms with van der Waals surface area (Å²) in [5, 5.41) is 0. The molecule has 2 aliphatic rings. The highest BCUT2D eigenvalue weighted by molar-refractivity contribution is 5.46. The molecule has 4 heteroatoms. The number of benzene rings is 1. The highest BCUT2D eigenvalue weighted by atomic mass is 19.1. The van der Waals surface area contributed by atoms with Gasteiger partial charge in [0, 0.05) is 44.5 Å². The van der Waals surface area contributed by atoms with Crippen LogP contribution >= 0.6 is 0 Å². The number of anilines is 1. The molecule has 0 spiro atoms. The fourth-order valence-electron chi connectivity index (χ4n) is 3.85. The highest BCUT2D eigenvalue weighted by Crippen LogP contribution is 2.21. The normalized spacial score (nSPS) is 24.6. The second-order valence-corrected chi connectivity index (χ2v) is 6.60. The van der Waals surface area contributed by atoms with Crippen molar-refractivity contribution in [2.24, 2.45) is 0 Å². The van der Waals surface area contributed by atoms with Gasteiger partial charge in [0.1, 0.15) is 5.82 Å². The van der Waals surface area contributed by atoms with Crippen molar-refractivity contribution in [3.05, 3.63) is 30.1 Å². The van der Waals surface area contributed by atoms with Gasteiger partial charge < -0.3 is 9.80 Å². The third kappa shape index (κ3) is 3.79. The largest absolute Gasteiger partial charge is 0.369 e. The molecule has 1 atom stereocenters. The minimum atomic E-state index is -0.152. The van der Waals surface area contributed by atoms with E-state index in [-0.39, 0.29) is 5.82 Å². The maximum Gasteiger partial charge on any atom is 0.123 e. The van der Waals surface area contributed by atoms with Gasteiger partial charge in [0.25, 0.3) is 0 Å². The zero-order valence-electron chi connectivity index (χ0n) is 13.7. The van der Waals surface area contributed by atoms with Crippen LogP contribution in [0, 0.1) is 5.82 Å². The lowest BCUT2D eigenvalue weighted by Gasteiger charge is -2.44. The molecular weight excluding hydrogens is 277 g/mol. The first-order chi connectivity index (χ1) is 10.8. The van der Waals surface area contributed by atoms with Crippen molar-refractivity contribution in [3.8, 4) is 0 Å². The molecule has 2 heterocycles. The summed E-state index contributed by atoms with van der Waals surface area (Å²) in [5.41, 5.74) is 1.15. The second-order valence-electron chi connectivity index (χ2n) is 6.60. The Morgan fingerprint density at radius 2 is 1.77 bits per heavy atom. The van der Waals surface area contributed by atoms with Crippen LogP contribution in [0.5, 0.6) is 0 Å². The van der Waals surface area contributed by atoms with Gasteiger partial charge in [-0.2, -0.15) is 0 Å². The Kier molecular flexibility index (Phi) is 5.32. The minimum absolute atomic E-state index is 0.152. The molecule has 0 saturated carbocycles. The fourth-order valence-corrected chi connectivity index (χ4v) is 3.85. The third-order valence-electron chi connectivity index (χ3n) is 5.04. The average Bonchev–Trinajstić information content (AvgIpc) is 2.56. The summed E-state index contributed by atoms with van der Waals surface area (Å²) in [4.78, 5) is 7.67. The number of hydrogen-bond donors (Lipinski definition) is 0. The number of halogens is 1. The van der Waals surface area contributed by atoms with Gasteiger partial charge in [-0.25, -0.2) is 4.39 Å². The van der Waals surface area contributed by atoms with Crippen molar-refractivity contribution in [1.82, 2.24) is 9.80 Å². The number of likely N-dealkylation sites (tertiary alicyclic amines) is 1. The Bertz CT molecular complexity index is 452. The van der Waals surface area contributed by atoms with Crippen molar-refractivity contribution in [3.63, 3.8) is 0 Å². The average molecular weight is 305 g/mol. The van der Waals surface area contributed by atoms with E-state index in [0.29, 0.717) is 0 Å². The van der Waals surface area contributed by atoms with Crippen LogP contribution in [-0.2, 0) is 0 Å². The fraction of sp³-hybridized carbons (Fsp3) is 0.667. The molecule has 1 aromatic carbocycles. The van der Waals surface area contributed by atoms with Crippen LogP contribution in [0.25, 0.3) is 0 Å². The molecule has 2 aliphatic heterocycles. The van der Waals surface area contributed by atoms with E-state index in [1.165, 1.54) is 38.9 Å². The van der Waals surface area contributed by atoms with Crippen LogP contribution in [0.4, 0.5) is 10.1 Å². The lowest BCUT2D eigenvalue weighted by atomic mass is 10.0. The zero-order chi connectivity index (χ0) is 15.4. The van der Waals surface area contributed by atoms with Gasteiger partial charge in [-0.05, 0) is 56.6 Å². The molecule has 0 radical (unpaired) electrons. The molecule has 0 aromatic heterocycles. The molecule has 0 amide bonds. The Morgan fingerprint density at radius 3 is 2.45 bits per heavy atom. The third-order valence-corrected chi connectivity index (χ3v) is 5.04.